The van der Waals surface area contributed by atoms with Gasteiger partial charge in [-0.15, -0.1) is 0 Å². The van der Waals surface area contributed by atoms with Crippen molar-refractivity contribution >= 4 is 5.78 Å². The van der Waals surface area contributed by atoms with Crippen molar-refractivity contribution in [2.75, 3.05) is 0 Å². The monoisotopic (exact) mass is 242 g/mol. The Morgan fingerprint density at radius 2 is 1.94 bits per heavy atom. The van der Waals surface area contributed by atoms with Gasteiger partial charge in [-0.3, -0.25) is 9.48 Å². The van der Waals surface area contributed by atoms with Gasteiger partial charge < -0.3 is 0 Å². The first kappa shape index (κ1) is 12.6. The molecule has 2 aromatic rings. The second-order valence-corrected chi connectivity index (χ2v) is 4.63. The topological polar surface area (TPSA) is 34.9 Å². The van der Waals surface area contributed by atoms with Crippen LogP contribution >= 0.6 is 0 Å². The first-order valence-corrected chi connectivity index (χ1v) is 6.17. The van der Waals surface area contributed by atoms with Crippen LogP contribution in [0.25, 0.3) is 0 Å². The van der Waals surface area contributed by atoms with Crippen LogP contribution in [0.2, 0.25) is 0 Å². The van der Waals surface area contributed by atoms with E-state index in [1.54, 1.807) is 4.68 Å². The highest BCUT2D eigenvalue weighted by atomic mass is 16.1. The third-order valence-corrected chi connectivity index (χ3v) is 3.29. The second kappa shape index (κ2) is 4.77. The van der Waals surface area contributed by atoms with Crippen molar-refractivity contribution in [3.8, 4) is 0 Å². The van der Waals surface area contributed by atoms with Gasteiger partial charge in [0.15, 0.2) is 0 Å². The fourth-order valence-electron chi connectivity index (χ4n) is 1.94. The van der Waals surface area contributed by atoms with Crippen molar-refractivity contribution in [1.29, 1.82) is 0 Å². The highest BCUT2D eigenvalue weighted by Crippen LogP contribution is 2.15. The van der Waals surface area contributed by atoms with E-state index in [4.69, 9.17) is 0 Å². The summed E-state index contributed by atoms with van der Waals surface area (Å²) in [5.41, 5.74) is 4.66. The Kier molecular flexibility index (Phi) is 3.32. The minimum Gasteiger partial charge on any atom is -0.287 e. The smallest absolute Gasteiger partial charge is 0.211 e. The van der Waals surface area contributed by atoms with Crippen molar-refractivity contribution in [2.45, 2.75) is 27.2 Å². The van der Waals surface area contributed by atoms with Crippen LogP contribution in [0.4, 0.5) is 0 Å². The van der Waals surface area contributed by atoms with Crippen LogP contribution in [0, 0.1) is 13.8 Å². The van der Waals surface area contributed by atoms with E-state index in [2.05, 4.69) is 5.10 Å². The van der Waals surface area contributed by atoms with E-state index in [-0.39, 0.29) is 5.78 Å². The molecule has 0 radical (unpaired) electrons. The summed E-state index contributed by atoms with van der Waals surface area (Å²) in [6, 6.07) is 7.68. The molecule has 3 heteroatoms. The maximum atomic E-state index is 12.4. The van der Waals surface area contributed by atoms with Gasteiger partial charge in [0.1, 0.15) is 5.69 Å². The van der Waals surface area contributed by atoms with Gasteiger partial charge in [0.05, 0.1) is 5.69 Å². The van der Waals surface area contributed by atoms with Gasteiger partial charge in [-0.2, -0.15) is 5.10 Å². The lowest BCUT2D eigenvalue weighted by molar-refractivity contribution is 0.103. The van der Waals surface area contributed by atoms with Gasteiger partial charge in [-0.1, -0.05) is 19.1 Å². The number of benzene rings is 1. The number of carbonyl (C=O) groups is 1. The van der Waals surface area contributed by atoms with E-state index in [9.17, 15) is 4.79 Å². The fraction of sp³-hybridized carbons (Fsp3) is 0.333. The number of nitrogens with zero attached hydrogens (tertiary/aromatic N) is 2. The molecule has 0 saturated carbocycles. The molecule has 0 unspecified atom stereocenters. The zero-order valence-corrected chi connectivity index (χ0v) is 11.3. The molecular weight excluding hydrogens is 224 g/mol. The lowest BCUT2D eigenvalue weighted by atomic mass is 10.0. The van der Waals surface area contributed by atoms with E-state index in [1.165, 1.54) is 5.56 Å². The molecule has 0 atom stereocenters. The van der Waals surface area contributed by atoms with E-state index in [1.807, 2.05) is 52.1 Å². The number of carbonyl (C=O) groups excluding carboxylic acids is 1. The third kappa shape index (κ3) is 2.21. The molecule has 0 spiro atoms. The molecule has 0 aliphatic heterocycles. The van der Waals surface area contributed by atoms with Crippen molar-refractivity contribution in [3.63, 3.8) is 0 Å². The number of ketones is 1. The number of rotatable bonds is 3. The fourth-order valence-corrected chi connectivity index (χ4v) is 1.94. The minimum absolute atomic E-state index is 0.0350. The molecule has 2 rings (SSSR count). The molecule has 94 valence electrons. The van der Waals surface area contributed by atoms with Crippen LogP contribution in [0.1, 0.15) is 39.8 Å². The van der Waals surface area contributed by atoms with Gasteiger partial charge in [0.25, 0.3) is 0 Å². The molecule has 18 heavy (non-hydrogen) atoms. The van der Waals surface area contributed by atoms with Crippen molar-refractivity contribution in [1.82, 2.24) is 9.78 Å². The van der Waals surface area contributed by atoms with Crippen LogP contribution in [0.3, 0.4) is 0 Å². The van der Waals surface area contributed by atoms with Gasteiger partial charge in [-0.25, -0.2) is 0 Å². The summed E-state index contributed by atoms with van der Waals surface area (Å²) in [4.78, 5) is 12.4. The predicted octanol–water partition coefficient (Wildman–Crippen LogP) is 2.83. The summed E-state index contributed by atoms with van der Waals surface area (Å²) in [6.45, 7) is 6.10. The van der Waals surface area contributed by atoms with Gasteiger partial charge in [-0.05, 0) is 43.5 Å². The first-order valence-electron chi connectivity index (χ1n) is 6.17. The molecule has 0 aliphatic rings. The van der Waals surface area contributed by atoms with Crippen molar-refractivity contribution in [3.05, 3.63) is 52.3 Å². The second-order valence-electron chi connectivity index (χ2n) is 4.63. The van der Waals surface area contributed by atoms with E-state index >= 15 is 0 Å². The third-order valence-electron chi connectivity index (χ3n) is 3.29. The molecule has 0 amide bonds. The highest BCUT2D eigenvalue weighted by molar-refractivity contribution is 6.08. The zero-order valence-electron chi connectivity index (χ0n) is 11.3. The van der Waals surface area contributed by atoms with E-state index < -0.39 is 0 Å². The average molecular weight is 242 g/mol. The van der Waals surface area contributed by atoms with Crippen molar-refractivity contribution < 1.29 is 4.79 Å². The van der Waals surface area contributed by atoms with E-state index in [0.29, 0.717) is 5.69 Å². The molecule has 0 aliphatic carbocycles. The lowest BCUT2D eigenvalue weighted by Gasteiger charge is -2.04. The Balaban J connectivity index is 2.41. The molecule has 0 saturated heterocycles. The number of hydrogen-bond acceptors (Lipinski definition) is 2. The maximum absolute atomic E-state index is 12.4. The molecule has 0 N–H and O–H groups in total. The predicted molar refractivity (Wildman–Crippen MR) is 71.9 cm³/mol. The quantitative estimate of drug-likeness (QED) is 0.776. The lowest BCUT2D eigenvalue weighted by Crippen LogP contribution is -2.08. The Morgan fingerprint density at radius 3 is 2.50 bits per heavy atom. The van der Waals surface area contributed by atoms with Gasteiger partial charge in [0, 0.05) is 12.6 Å². The summed E-state index contributed by atoms with van der Waals surface area (Å²) in [6.07, 6.45) is 0.841. The maximum Gasteiger partial charge on any atom is 0.211 e. The minimum atomic E-state index is 0.0350. The Morgan fingerprint density at radius 1 is 1.22 bits per heavy atom. The SMILES string of the molecule is CCc1cc(C(=O)c2ccc(C)c(C)c2)n(C)n1. The number of hydrogen-bond donors (Lipinski definition) is 0. The average Bonchev–Trinajstić information content (AvgIpc) is 2.73. The number of aryl methyl sites for hydroxylation is 4. The zero-order chi connectivity index (χ0) is 13.3. The van der Waals surface area contributed by atoms with Crippen LogP contribution < -0.4 is 0 Å². The highest BCUT2D eigenvalue weighted by Gasteiger charge is 2.15. The van der Waals surface area contributed by atoms with Crippen LogP contribution in [-0.4, -0.2) is 15.6 Å². The van der Waals surface area contributed by atoms with Gasteiger partial charge >= 0.3 is 0 Å². The molecule has 1 aromatic carbocycles. The van der Waals surface area contributed by atoms with Crippen LogP contribution in [0.15, 0.2) is 24.3 Å². The summed E-state index contributed by atoms with van der Waals surface area (Å²) in [5.74, 6) is 0.0350. The van der Waals surface area contributed by atoms with Crippen LogP contribution in [0.5, 0.6) is 0 Å². The summed E-state index contributed by atoms with van der Waals surface area (Å²) in [7, 11) is 1.81. The van der Waals surface area contributed by atoms with Gasteiger partial charge in [0.2, 0.25) is 5.78 Å². The molecule has 1 heterocycles. The normalized spacial score (nSPS) is 10.7. The first-order chi connectivity index (χ1) is 8.52. The summed E-state index contributed by atoms with van der Waals surface area (Å²) >= 11 is 0. The largest absolute Gasteiger partial charge is 0.287 e. The summed E-state index contributed by atoms with van der Waals surface area (Å²) in [5, 5.41) is 4.31. The molecule has 0 fully saturated rings. The Hall–Kier alpha value is -1.90. The Bertz CT molecular complexity index is 597. The number of aromatic nitrogens is 2. The molecular formula is C15H18N2O. The molecule has 1 aromatic heterocycles. The Labute approximate surface area is 107 Å². The molecule has 3 nitrogen and oxygen atoms in total. The summed E-state index contributed by atoms with van der Waals surface area (Å²) < 4.78 is 1.66. The molecule has 0 bridgehead atoms. The van der Waals surface area contributed by atoms with E-state index in [0.717, 1.165) is 23.2 Å². The standard InChI is InChI=1S/C15H18N2O/c1-5-13-9-14(17(4)16-13)15(18)12-7-6-10(2)11(3)8-12/h6-9H,5H2,1-4H3. The van der Waals surface area contributed by atoms with Crippen LogP contribution in [-0.2, 0) is 13.5 Å². The van der Waals surface area contributed by atoms with Crippen molar-refractivity contribution in [2.24, 2.45) is 7.05 Å².